The minimum Gasteiger partial charge on any atom is -0.506 e. The number of aliphatic hydroxyl groups excluding tert-OH is 1. The summed E-state index contributed by atoms with van der Waals surface area (Å²) in [5.74, 6) is 0.0888. The third-order valence-corrected chi connectivity index (χ3v) is 8.08. The molecule has 0 saturated carbocycles. The first kappa shape index (κ1) is 26.4. The molecule has 2 heterocycles. The molecule has 1 aliphatic carbocycles. The number of nitrogens with one attached hydrogen (secondary N) is 3. The third-order valence-electron chi connectivity index (χ3n) is 8.08. The van der Waals surface area contributed by atoms with Gasteiger partial charge in [-0.25, -0.2) is 0 Å². The van der Waals surface area contributed by atoms with Crippen molar-refractivity contribution in [2.75, 3.05) is 26.2 Å². The lowest BCUT2D eigenvalue weighted by Gasteiger charge is -2.32. The van der Waals surface area contributed by atoms with Gasteiger partial charge in [0.2, 0.25) is 11.5 Å². The number of aryl methyl sites for hydroxylation is 1. The van der Waals surface area contributed by atoms with Crippen LogP contribution in [0.15, 0.2) is 47.3 Å². The summed E-state index contributed by atoms with van der Waals surface area (Å²) in [6.07, 6.45) is 6.40. The Balaban J connectivity index is 1.03. The number of benzene rings is 2. The third kappa shape index (κ3) is 6.26. The summed E-state index contributed by atoms with van der Waals surface area (Å²) in [5.41, 5.74) is 4.86. The number of pyridine rings is 1. The van der Waals surface area contributed by atoms with E-state index in [0.29, 0.717) is 42.0 Å². The normalized spacial score (nSPS) is 17.3. The maximum atomic E-state index is 12.5. The maximum Gasteiger partial charge on any atom is 0.248 e. The average Bonchev–Trinajstić information content (AvgIpc) is 2.94. The van der Waals surface area contributed by atoms with Crippen molar-refractivity contribution in [3.05, 3.63) is 75.1 Å². The summed E-state index contributed by atoms with van der Waals surface area (Å²) in [5, 5.41) is 28.1. The molecule has 0 bridgehead atoms. The molecule has 8 nitrogen and oxygen atoms in total. The van der Waals surface area contributed by atoms with Gasteiger partial charge >= 0.3 is 0 Å². The van der Waals surface area contributed by atoms with E-state index in [0.717, 1.165) is 45.3 Å². The van der Waals surface area contributed by atoms with Crippen molar-refractivity contribution in [2.45, 2.75) is 63.6 Å². The molecule has 1 aliphatic heterocycles. The molecule has 0 radical (unpaired) electrons. The summed E-state index contributed by atoms with van der Waals surface area (Å²) >= 11 is 0. The number of phenolic OH excluding ortho intramolecular Hbond substituents is 1. The number of hydrogen-bond donors (Lipinski definition) is 5. The van der Waals surface area contributed by atoms with Crippen molar-refractivity contribution in [3.8, 4) is 5.75 Å². The van der Waals surface area contributed by atoms with E-state index in [1.54, 1.807) is 12.1 Å². The molecule has 1 atom stereocenters. The van der Waals surface area contributed by atoms with Crippen molar-refractivity contribution >= 4 is 16.8 Å². The van der Waals surface area contributed by atoms with Gasteiger partial charge in [0.15, 0.2) is 0 Å². The number of piperidine rings is 1. The topological polar surface area (TPSA) is 118 Å². The number of aromatic amines is 1. The van der Waals surface area contributed by atoms with Gasteiger partial charge in [-0.3, -0.25) is 9.59 Å². The minimum absolute atomic E-state index is 0.0124. The van der Waals surface area contributed by atoms with Crippen molar-refractivity contribution in [1.82, 2.24) is 20.5 Å². The monoisotopic (exact) mass is 518 g/mol. The van der Waals surface area contributed by atoms with Gasteiger partial charge < -0.3 is 30.7 Å². The highest BCUT2D eigenvalue weighted by atomic mass is 16.3. The number of nitrogens with zero attached hydrogens (tertiary/aromatic N) is 1. The second-order valence-electron chi connectivity index (χ2n) is 10.6. The van der Waals surface area contributed by atoms with Crippen LogP contribution in [0.5, 0.6) is 5.75 Å². The molecule has 1 fully saturated rings. The first-order valence-electron chi connectivity index (χ1n) is 13.8. The lowest BCUT2D eigenvalue weighted by molar-refractivity contribution is -0.121. The number of carbonyl (C=O) groups is 1. The molecule has 202 valence electrons. The number of H-pyrrole nitrogens is 1. The lowest BCUT2D eigenvalue weighted by atomic mass is 9.88. The zero-order chi connectivity index (χ0) is 26.5. The first-order valence-corrected chi connectivity index (χ1v) is 13.8. The standard InChI is InChI=1S/C30H38N4O4/c35-26-10-8-24(25-9-11-29(38)33-30(25)26)27(36)19-31-22-12-15-34(16-13-22)17-14-28(37)32-18-21-6-3-5-20-4-1-2-7-23(20)21/h3,5-6,8-11,22,27,31,35-36H,1-2,4,7,12-19H2,(H,32,37)(H,33,38)/t27-/m0/s1. The van der Waals surface area contributed by atoms with Crippen molar-refractivity contribution in [2.24, 2.45) is 0 Å². The molecule has 5 N–H and O–H groups in total. The summed E-state index contributed by atoms with van der Waals surface area (Å²) in [6, 6.07) is 13.0. The van der Waals surface area contributed by atoms with Crippen LogP contribution in [-0.2, 0) is 24.2 Å². The van der Waals surface area contributed by atoms with Crippen molar-refractivity contribution in [1.29, 1.82) is 0 Å². The number of carbonyl (C=O) groups excluding carboxylic acids is 1. The highest BCUT2D eigenvalue weighted by molar-refractivity contribution is 5.87. The van der Waals surface area contributed by atoms with Crippen LogP contribution >= 0.6 is 0 Å². The van der Waals surface area contributed by atoms with Crippen LogP contribution in [0.2, 0.25) is 0 Å². The molecule has 1 saturated heterocycles. The SMILES string of the molecule is O=C(CCN1CCC(NC[C@H](O)c2ccc(O)c3[nH]c(=O)ccc23)CC1)NCc1cccc2c1CCCC2. The fourth-order valence-corrected chi connectivity index (χ4v) is 5.87. The number of amides is 1. The van der Waals surface area contributed by atoms with Crippen LogP contribution in [0.1, 0.15) is 60.5 Å². The molecule has 38 heavy (non-hydrogen) atoms. The Kier molecular flexibility index (Phi) is 8.42. The van der Waals surface area contributed by atoms with Gasteiger partial charge in [0.25, 0.3) is 0 Å². The number of phenols is 1. The van der Waals surface area contributed by atoms with Crippen LogP contribution in [0.3, 0.4) is 0 Å². The number of aromatic nitrogens is 1. The Morgan fingerprint density at radius 1 is 1.08 bits per heavy atom. The van der Waals surface area contributed by atoms with Crippen molar-refractivity contribution < 1.29 is 15.0 Å². The second kappa shape index (κ2) is 12.1. The lowest BCUT2D eigenvalue weighted by Crippen LogP contribution is -2.44. The molecule has 2 aliphatic rings. The molecule has 5 rings (SSSR count). The second-order valence-corrected chi connectivity index (χ2v) is 10.6. The van der Waals surface area contributed by atoms with E-state index in [1.165, 1.54) is 41.7 Å². The molecule has 1 amide bonds. The summed E-state index contributed by atoms with van der Waals surface area (Å²) in [4.78, 5) is 29.1. The highest BCUT2D eigenvalue weighted by Gasteiger charge is 2.21. The van der Waals surface area contributed by atoms with Gasteiger partial charge in [-0.2, -0.15) is 0 Å². The summed E-state index contributed by atoms with van der Waals surface area (Å²) in [6.45, 7) is 3.58. The van der Waals surface area contributed by atoms with E-state index < -0.39 is 6.10 Å². The fraction of sp³-hybridized carbons (Fsp3) is 0.467. The molecular formula is C30H38N4O4. The van der Waals surface area contributed by atoms with Crippen LogP contribution in [0.4, 0.5) is 0 Å². The Morgan fingerprint density at radius 2 is 1.89 bits per heavy atom. The summed E-state index contributed by atoms with van der Waals surface area (Å²) < 4.78 is 0. The van der Waals surface area contributed by atoms with Gasteiger partial charge in [-0.1, -0.05) is 24.3 Å². The van der Waals surface area contributed by atoms with E-state index in [-0.39, 0.29) is 17.2 Å². The maximum absolute atomic E-state index is 12.5. The van der Waals surface area contributed by atoms with Crippen LogP contribution in [0.25, 0.3) is 10.9 Å². The van der Waals surface area contributed by atoms with E-state index in [9.17, 15) is 19.8 Å². The number of rotatable bonds is 9. The number of aromatic hydroxyl groups is 1. The van der Waals surface area contributed by atoms with Gasteiger partial charge in [0, 0.05) is 43.5 Å². The Morgan fingerprint density at radius 3 is 2.74 bits per heavy atom. The quantitative estimate of drug-likeness (QED) is 0.297. The fourth-order valence-electron chi connectivity index (χ4n) is 5.87. The van der Waals surface area contributed by atoms with Gasteiger partial charge in [0.05, 0.1) is 11.6 Å². The Labute approximate surface area is 223 Å². The number of likely N-dealkylation sites (tertiary alicyclic amines) is 1. The van der Waals surface area contributed by atoms with Crippen molar-refractivity contribution in [3.63, 3.8) is 0 Å². The molecule has 0 spiro atoms. The Bertz CT molecular complexity index is 1330. The molecule has 8 heteroatoms. The zero-order valence-electron chi connectivity index (χ0n) is 21.8. The molecule has 3 aromatic rings. The molecular weight excluding hydrogens is 480 g/mol. The first-order chi connectivity index (χ1) is 18.5. The van der Waals surface area contributed by atoms with Gasteiger partial charge in [-0.05, 0) is 86.0 Å². The summed E-state index contributed by atoms with van der Waals surface area (Å²) in [7, 11) is 0. The number of hydrogen-bond acceptors (Lipinski definition) is 6. The zero-order valence-corrected chi connectivity index (χ0v) is 21.8. The smallest absolute Gasteiger partial charge is 0.248 e. The van der Waals surface area contributed by atoms with E-state index in [2.05, 4.69) is 38.7 Å². The molecule has 1 aromatic heterocycles. The average molecular weight is 519 g/mol. The Hall–Kier alpha value is -3.20. The van der Waals surface area contributed by atoms with Crippen LogP contribution in [0, 0.1) is 0 Å². The van der Waals surface area contributed by atoms with Gasteiger partial charge in [0.1, 0.15) is 5.75 Å². The predicted octanol–water partition coefficient (Wildman–Crippen LogP) is 2.91. The minimum atomic E-state index is -0.763. The number of fused-ring (bicyclic) bond motifs is 2. The molecule has 2 aromatic carbocycles. The predicted molar refractivity (Wildman–Crippen MR) is 148 cm³/mol. The largest absolute Gasteiger partial charge is 0.506 e. The molecule has 0 unspecified atom stereocenters. The van der Waals surface area contributed by atoms with E-state index >= 15 is 0 Å². The van der Waals surface area contributed by atoms with Gasteiger partial charge in [-0.15, -0.1) is 0 Å². The van der Waals surface area contributed by atoms with E-state index in [4.69, 9.17) is 0 Å². The highest BCUT2D eigenvalue weighted by Crippen LogP contribution is 2.29. The number of aliphatic hydroxyl groups is 1. The van der Waals surface area contributed by atoms with E-state index in [1.807, 2.05) is 0 Å². The van der Waals surface area contributed by atoms with Crippen LogP contribution in [-0.4, -0.2) is 58.2 Å². The van der Waals surface area contributed by atoms with Crippen LogP contribution < -0.4 is 16.2 Å².